The Morgan fingerprint density at radius 3 is 2.33 bits per heavy atom. The van der Waals surface area contributed by atoms with E-state index < -0.39 is 9.04 Å². The van der Waals surface area contributed by atoms with E-state index in [1.54, 1.807) is 4.68 Å². The van der Waals surface area contributed by atoms with E-state index in [1.165, 1.54) is 0 Å². The first-order valence-electron chi connectivity index (χ1n) is 5.32. The lowest BCUT2D eigenvalue weighted by atomic mass is 9.87. The molecule has 1 heterocycles. The van der Waals surface area contributed by atoms with Gasteiger partial charge in [-0.1, -0.05) is 26.0 Å². The van der Waals surface area contributed by atoms with Crippen LogP contribution in [-0.4, -0.2) is 24.0 Å². The van der Waals surface area contributed by atoms with Gasteiger partial charge >= 0.3 is 0 Å². The Bertz CT molecular complexity index is 317. The molecule has 0 aliphatic rings. The minimum atomic E-state index is -1.07. The van der Waals surface area contributed by atoms with Crippen LogP contribution < -0.4 is 0 Å². The highest BCUT2D eigenvalue weighted by molar-refractivity contribution is 6.48. The highest BCUT2D eigenvalue weighted by Gasteiger charge is 2.30. The monoisotopic (exact) mass is 227 g/mol. The molecule has 15 heavy (non-hydrogen) atoms. The van der Waals surface area contributed by atoms with Crippen molar-refractivity contribution in [2.45, 2.75) is 40.0 Å². The number of hydrogen-bond acceptors (Lipinski definition) is 3. The maximum Gasteiger partial charge on any atom is 0.171 e. The minimum Gasteiger partial charge on any atom is -0.411 e. The first kappa shape index (κ1) is 12.4. The summed E-state index contributed by atoms with van der Waals surface area (Å²) in [6.07, 6.45) is 1.99. The SMILES string of the molecule is Cn1cc(C(O[SiH](C)C)C(C)(C)C)nn1. The highest BCUT2D eigenvalue weighted by Crippen LogP contribution is 2.35. The molecule has 86 valence electrons. The molecule has 0 N–H and O–H groups in total. The minimum absolute atomic E-state index is 0.0536. The standard InChI is InChI=1S/C10H21N3OSi/c1-10(2,3)9(14-15(5)6)8-7-13(4)12-11-8/h7,9,15H,1-6H3. The van der Waals surface area contributed by atoms with Crippen LogP contribution in [0.2, 0.25) is 13.1 Å². The molecular weight excluding hydrogens is 206 g/mol. The Morgan fingerprint density at radius 1 is 1.40 bits per heavy atom. The van der Waals surface area contributed by atoms with Crippen LogP contribution in [0, 0.1) is 5.41 Å². The number of nitrogens with zero attached hydrogens (tertiary/aromatic N) is 3. The molecule has 4 nitrogen and oxygen atoms in total. The van der Waals surface area contributed by atoms with Crippen LogP contribution in [0.1, 0.15) is 32.6 Å². The molecule has 0 saturated heterocycles. The third-order valence-electron chi connectivity index (χ3n) is 2.08. The Balaban J connectivity index is 2.91. The molecule has 0 aliphatic heterocycles. The zero-order chi connectivity index (χ0) is 11.6. The molecule has 1 aromatic heterocycles. The van der Waals surface area contributed by atoms with Crippen LogP contribution in [0.4, 0.5) is 0 Å². The summed E-state index contributed by atoms with van der Waals surface area (Å²) in [6.45, 7) is 10.9. The summed E-state index contributed by atoms with van der Waals surface area (Å²) in [5, 5.41) is 8.11. The smallest absolute Gasteiger partial charge is 0.171 e. The van der Waals surface area contributed by atoms with Gasteiger partial charge in [0.25, 0.3) is 0 Å². The molecule has 0 spiro atoms. The van der Waals surface area contributed by atoms with E-state index in [4.69, 9.17) is 4.43 Å². The van der Waals surface area contributed by atoms with E-state index in [0.29, 0.717) is 0 Å². The lowest BCUT2D eigenvalue weighted by molar-refractivity contribution is 0.0826. The van der Waals surface area contributed by atoms with Gasteiger partial charge in [-0.25, -0.2) is 0 Å². The molecule has 1 rings (SSSR count). The summed E-state index contributed by atoms with van der Waals surface area (Å²) in [6, 6.07) is 0. The second-order valence-corrected chi connectivity index (χ2v) is 7.62. The van der Waals surface area contributed by atoms with Crippen LogP contribution >= 0.6 is 0 Å². The van der Waals surface area contributed by atoms with E-state index in [9.17, 15) is 0 Å². The predicted octanol–water partition coefficient (Wildman–Crippen LogP) is 1.90. The highest BCUT2D eigenvalue weighted by atomic mass is 28.3. The van der Waals surface area contributed by atoms with Crippen molar-refractivity contribution < 1.29 is 4.43 Å². The van der Waals surface area contributed by atoms with Crippen molar-refractivity contribution in [2.24, 2.45) is 12.5 Å². The van der Waals surface area contributed by atoms with Gasteiger partial charge in [-0.3, -0.25) is 4.68 Å². The Labute approximate surface area is 93.4 Å². The lowest BCUT2D eigenvalue weighted by Gasteiger charge is -2.30. The lowest BCUT2D eigenvalue weighted by Crippen LogP contribution is -2.26. The van der Waals surface area contributed by atoms with Crippen molar-refractivity contribution in [3.05, 3.63) is 11.9 Å². The Hall–Kier alpha value is -0.683. The van der Waals surface area contributed by atoms with E-state index in [-0.39, 0.29) is 11.5 Å². The third-order valence-corrected chi connectivity index (χ3v) is 2.90. The summed E-state index contributed by atoms with van der Waals surface area (Å²) in [7, 11) is 0.812. The maximum absolute atomic E-state index is 6.04. The largest absolute Gasteiger partial charge is 0.411 e. The molecule has 1 unspecified atom stereocenters. The van der Waals surface area contributed by atoms with Crippen LogP contribution in [0.3, 0.4) is 0 Å². The topological polar surface area (TPSA) is 39.9 Å². The normalized spacial score (nSPS) is 14.6. The molecule has 0 radical (unpaired) electrons. The predicted molar refractivity (Wildman–Crippen MR) is 63.2 cm³/mol. The van der Waals surface area contributed by atoms with Crippen LogP contribution in [0.15, 0.2) is 6.20 Å². The van der Waals surface area contributed by atoms with Gasteiger partial charge in [0.2, 0.25) is 0 Å². The molecule has 0 fully saturated rings. The fraction of sp³-hybridized carbons (Fsp3) is 0.800. The third kappa shape index (κ3) is 3.42. The maximum atomic E-state index is 6.04. The van der Waals surface area contributed by atoms with Gasteiger partial charge in [0.1, 0.15) is 5.69 Å². The van der Waals surface area contributed by atoms with Crippen molar-refractivity contribution in [3.8, 4) is 0 Å². The van der Waals surface area contributed by atoms with Gasteiger partial charge in [0.15, 0.2) is 9.04 Å². The molecule has 0 aromatic carbocycles. The van der Waals surface area contributed by atoms with Gasteiger partial charge < -0.3 is 4.43 Å². The van der Waals surface area contributed by atoms with E-state index in [1.807, 2.05) is 13.2 Å². The van der Waals surface area contributed by atoms with Gasteiger partial charge in [0, 0.05) is 7.05 Å². The molecule has 0 saturated carbocycles. The van der Waals surface area contributed by atoms with Crippen molar-refractivity contribution in [3.63, 3.8) is 0 Å². The summed E-state index contributed by atoms with van der Waals surface area (Å²) < 4.78 is 7.76. The number of aryl methyl sites for hydroxylation is 1. The van der Waals surface area contributed by atoms with Crippen LogP contribution in [-0.2, 0) is 11.5 Å². The molecule has 5 heteroatoms. The van der Waals surface area contributed by atoms with Gasteiger partial charge in [-0.05, 0) is 18.5 Å². The summed E-state index contributed by atoms with van der Waals surface area (Å²) in [4.78, 5) is 0. The average Bonchev–Trinajstić information content (AvgIpc) is 2.45. The zero-order valence-corrected chi connectivity index (χ0v) is 11.6. The van der Waals surface area contributed by atoms with Crippen molar-refractivity contribution in [2.75, 3.05) is 0 Å². The Morgan fingerprint density at radius 2 is 2.00 bits per heavy atom. The van der Waals surface area contributed by atoms with Crippen LogP contribution in [0.5, 0.6) is 0 Å². The first-order chi connectivity index (χ1) is 6.80. The molecule has 1 atom stereocenters. The summed E-state index contributed by atoms with van der Waals surface area (Å²) in [5.74, 6) is 0. The second-order valence-electron chi connectivity index (χ2n) is 5.25. The molecular formula is C10H21N3OSi. The molecule has 1 aromatic rings. The number of rotatable bonds is 3. The van der Waals surface area contributed by atoms with E-state index >= 15 is 0 Å². The average molecular weight is 227 g/mol. The Kier molecular flexibility index (Phi) is 3.67. The fourth-order valence-corrected chi connectivity index (χ4v) is 2.57. The number of hydrogen-bond donors (Lipinski definition) is 0. The van der Waals surface area contributed by atoms with E-state index in [0.717, 1.165) is 5.69 Å². The molecule has 0 bridgehead atoms. The summed E-state index contributed by atoms with van der Waals surface area (Å²) >= 11 is 0. The number of aromatic nitrogens is 3. The summed E-state index contributed by atoms with van der Waals surface area (Å²) in [5.41, 5.74) is 0.999. The second kappa shape index (κ2) is 4.45. The fourth-order valence-electron chi connectivity index (χ4n) is 1.48. The molecule has 0 aliphatic carbocycles. The van der Waals surface area contributed by atoms with Crippen molar-refractivity contribution in [1.82, 2.24) is 15.0 Å². The zero-order valence-electron chi connectivity index (χ0n) is 10.5. The van der Waals surface area contributed by atoms with E-state index in [2.05, 4.69) is 44.2 Å². The van der Waals surface area contributed by atoms with Gasteiger partial charge in [-0.2, -0.15) is 0 Å². The quantitative estimate of drug-likeness (QED) is 0.741. The van der Waals surface area contributed by atoms with Crippen molar-refractivity contribution in [1.29, 1.82) is 0 Å². The first-order valence-corrected chi connectivity index (χ1v) is 8.10. The molecule has 0 amide bonds. The van der Waals surface area contributed by atoms with Crippen molar-refractivity contribution >= 4 is 9.04 Å². The van der Waals surface area contributed by atoms with Gasteiger partial charge in [0.05, 0.1) is 12.3 Å². The van der Waals surface area contributed by atoms with Gasteiger partial charge in [-0.15, -0.1) is 5.10 Å². The van der Waals surface area contributed by atoms with Crippen LogP contribution in [0.25, 0.3) is 0 Å².